The van der Waals surface area contributed by atoms with Crippen LogP contribution in [0.4, 0.5) is 4.39 Å². The van der Waals surface area contributed by atoms with E-state index in [1.807, 2.05) is 13.0 Å². The molecular formula is C21H26FN3O. The van der Waals surface area contributed by atoms with E-state index in [9.17, 15) is 9.18 Å². The lowest BCUT2D eigenvalue weighted by Crippen LogP contribution is -2.36. The van der Waals surface area contributed by atoms with Crippen molar-refractivity contribution >= 4 is 0 Å². The van der Waals surface area contributed by atoms with Gasteiger partial charge in [-0.05, 0) is 37.0 Å². The zero-order valence-corrected chi connectivity index (χ0v) is 15.4. The Bertz CT molecular complexity index is 855. The number of nitrogens with zero attached hydrogens (tertiary/aromatic N) is 2. The minimum Gasteiger partial charge on any atom is -0.310 e. The van der Waals surface area contributed by atoms with E-state index < -0.39 is 0 Å². The molecule has 0 amide bonds. The van der Waals surface area contributed by atoms with Gasteiger partial charge in [0.2, 0.25) is 0 Å². The molecule has 26 heavy (non-hydrogen) atoms. The van der Waals surface area contributed by atoms with Crippen LogP contribution in [-0.2, 0) is 19.5 Å². The van der Waals surface area contributed by atoms with E-state index in [0.29, 0.717) is 24.6 Å². The van der Waals surface area contributed by atoms with E-state index in [1.54, 1.807) is 6.07 Å². The van der Waals surface area contributed by atoms with E-state index in [1.165, 1.54) is 25.3 Å². The molecule has 1 aliphatic heterocycles. The van der Waals surface area contributed by atoms with E-state index in [2.05, 4.69) is 9.88 Å². The Morgan fingerprint density at radius 1 is 1.27 bits per heavy atom. The van der Waals surface area contributed by atoms with Crippen molar-refractivity contribution in [3.8, 4) is 0 Å². The standard InChI is InChI=1S/C21H26FN3O/c1-14-16(8-5-9-18(14)22)12-25-11-10-19-17(13-25)21(26)24-20(23-19)15-6-3-2-4-7-15/h5,8-9,15H,2-4,6-7,10-13H2,1H3,(H,23,24,26). The second kappa shape index (κ2) is 7.31. The zero-order chi connectivity index (χ0) is 18.1. The number of aromatic nitrogens is 2. The summed E-state index contributed by atoms with van der Waals surface area (Å²) >= 11 is 0. The molecule has 0 saturated heterocycles. The Balaban J connectivity index is 1.53. The minimum absolute atomic E-state index is 0.0104. The highest BCUT2D eigenvalue weighted by molar-refractivity contribution is 5.28. The van der Waals surface area contributed by atoms with Crippen molar-refractivity contribution in [3.63, 3.8) is 0 Å². The lowest BCUT2D eigenvalue weighted by molar-refractivity contribution is 0.240. The van der Waals surface area contributed by atoms with Gasteiger partial charge in [0.05, 0.1) is 11.3 Å². The number of hydrogen-bond donors (Lipinski definition) is 1. The summed E-state index contributed by atoms with van der Waals surface area (Å²) in [5.41, 5.74) is 3.43. The molecule has 1 aromatic carbocycles. The van der Waals surface area contributed by atoms with Crippen LogP contribution in [0.3, 0.4) is 0 Å². The third kappa shape index (κ3) is 3.45. The van der Waals surface area contributed by atoms with Gasteiger partial charge in [0.15, 0.2) is 0 Å². The quantitative estimate of drug-likeness (QED) is 0.910. The Kier molecular flexibility index (Phi) is 4.90. The summed E-state index contributed by atoms with van der Waals surface area (Å²) in [7, 11) is 0. The number of hydrogen-bond acceptors (Lipinski definition) is 3. The fourth-order valence-corrected chi connectivity index (χ4v) is 4.27. The fourth-order valence-electron chi connectivity index (χ4n) is 4.27. The normalized spacial score (nSPS) is 18.7. The lowest BCUT2D eigenvalue weighted by atomic mass is 9.88. The monoisotopic (exact) mass is 355 g/mol. The third-order valence-electron chi connectivity index (χ3n) is 5.93. The molecule has 0 unspecified atom stereocenters. The first-order valence-corrected chi connectivity index (χ1v) is 9.70. The summed E-state index contributed by atoms with van der Waals surface area (Å²) in [6.45, 7) is 3.91. The van der Waals surface area contributed by atoms with Crippen molar-refractivity contribution in [1.29, 1.82) is 0 Å². The van der Waals surface area contributed by atoms with Gasteiger partial charge < -0.3 is 4.98 Å². The predicted octanol–water partition coefficient (Wildman–Crippen LogP) is 3.82. The summed E-state index contributed by atoms with van der Waals surface area (Å²) in [5, 5.41) is 0. The summed E-state index contributed by atoms with van der Waals surface area (Å²) in [5.74, 6) is 1.13. The minimum atomic E-state index is -0.170. The second-order valence-corrected chi connectivity index (χ2v) is 7.70. The molecule has 2 aromatic rings. The topological polar surface area (TPSA) is 49.0 Å². The molecule has 138 valence electrons. The van der Waals surface area contributed by atoms with Crippen molar-refractivity contribution in [3.05, 3.63) is 62.6 Å². The average molecular weight is 355 g/mol. The van der Waals surface area contributed by atoms with Crippen molar-refractivity contribution in [2.24, 2.45) is 0 Å². The molecule has 1 fully saturated rings. The van der Waals surface area contributed by atoms with Gasteiger partial charge in [0.25, 0.3) is 5.56 Å². The van der Waals surface area contributed by atoms with Crippen LogP contribution in [0.2, 0.25) is 0 Å². The molecule has 0 atom stereocenters. The van der Waals surface area contributed by atoms with Crippen LogP contribution in [-0.4, -0.2) is 21.4 Å². The van der Waals surface area contributed by atoms with Gasteiger partial charge in [0.1, 0.15) is 11.6 Å². The van der Waals surface area contributed by atoms with E-state index >= 15 is 0 Å². The van der Waals surface area contributed by atoms with Gasteiger partial charge in [-0.2, -0.15) is 0 Å². The summed E-state index contributed by atoms with van der Waals surface area (Å²) in [6.07, 6.45) is 6.80. The molecule has 4 nitrogen and oxygen atoms in total. The fraction of sp³-hybridized carbons (Fsp3) is 0.524. The lowest BCUT2D eigenvalue weighted by Gasteiger charge is -2.29. The van der Waals surface area contributed by atoms with Gasteiger partial charge in [0, 0.05) is 32.0 Å². The summed E-state index contributed by atoms with van der Waals surface area (Å²) in [4.78, 5) is 22.8. The molecule has 1 aliphatic carbocycles. The number of nitrogens with one attached hydrogen (secondary N) is 1. The maximum atomic E-state index is 13.8. The van der Waals surface area contributed by atoms with Crippen molar-refractivity contribution < 1.29 is 4.39 Å². The Morgan fingerprint density at radius 3 is 2.88 bits per heavy atom. The molecule has 2 aliphatic rings. The van der Waals surface area contributed by atoms with Gasteiger partial charge in [-0.25, -0.2) is 9.37 Å². The number of rotatable bonds is 3. The van der Waals surface area contributed by atoms with Crippen molar-refractivity contribution in [2.45, 2.75) is 64.5 Å². The molecule has 4 rings (SSSR count). The second-order valence-electron chi connectivity index (χ2n) is 7.70. The van der Waals surface area contributed by atoms with Crippen molar-refractivity contribution in [2.75, 3.05) is 6.54 Å². The largest absolute Gasteiger partial charge is 0.310 e. The van der Waals surface area contributed by atoms with Crippen LogP contribution in [0.15, 0.2) is 23.0 Å². The smallest absolute Gasteiger partial charge is 0.255 e. The SMILES string of the molecule is Cc1c(F)cccc1CN1CCc2nc(C3CCCCC3)[nH]c(=O)c2C1. The maximum Gasteiger partial charge on any atom is 0.255 e. The Morgan fingerprint density at radius 2 is 2.08 bits per heavy atom. The Hall–Kier alpha value is -2.01. The number of benzene rings is 1. The van der Waals surface area contributed by atoms with Crippen LogP contribution < -0.4 is 5.56 Å². The summed E-state index contributed by atoms with van der Waals surface area (Å²) in [6, 6.07) is 5.20. The third-order valence-corrected chi connectivity index (χ3v) is 5.93. The van der Waals surface area contributed by atoms with Gasteiger partial charge in [-0.3, -0.25) is 9.69 Å². The highest BCUT2D eigenvalue weighted by Crippen LogP contribution is 2.31. The maximum absolute atomic E-state index is 13.8. The first-order valence-electron chi connectivity index (χ1n) is 9.70. The van der Waals surface area contributed by atoms with Crippen LogP contribution in [0.25, 0.3) is 0 Å². The Labute approximate surface area is 153 Å². The van der Waals surface area contributed by atoms with Crippen LogP contribution in [0, 0.1) is 12.7 Å². The van der Waals surface area contributed by atoms with Crippen LogP contribution >= 0.6 is 0 Å². The summed E-state index contributed by atoms with van der Waals surface area (Å²) < 4.78 is 13.8. The molecule has 5 heteroatoms. The molecule has 0 radical (unpaired) electrons. The van der Waals surface area contributed by atoms with E-state index in [4.69, 9.17) is 4.98 Å². The molecule has 0 bridgehead atoms. The zero-order valence-electron chi connectivity index (χ0n) is 15.4. The van der Waals surface area contributed by atoms with Crippen LogP contribution in [0.5, 0.6) is 0 Å². The number of H-pyrrole nitrogens is 1. The van der Waals surface area contributed by atoms with E-state index in [-0.39, 0.29) is 11.4 Å². The molecular weight excluding hydrogens is 329 g/mol. The van der Waals surface area contributed by atoms with Gasteiger partial charge in [-0.1, -0.05) is 31.4 Å². The molecule has 2 heterocycles. The van der Waals surface area contributed by atoms with E-state index in [0.717, 1.165) is 48.5 Å². The predicted molar refractivity (Wildman–Crippen MR) is 99.6 cm³/mol. The highest BCUT2D eigenvalue weighted by atomic mass is 19.1. The van der Waals surface area contributed by atoms with Crippen molar-refractivity contribution in [1.82, 2.24) is 14.9 Å². The van der Waals surface area contributed by atoms with Gasteiger partial charge >= 0.3 is 0 Å². The number of fused-ring (bicyclic) bond motifs is 1. The highest BCUT2D eigenvalue weighted by Gasteiger charge is 2.24. The molecule has 1 N–H and O–H groups in total. The number of aromatic amines is 1. The van der Waals surface area contributed by atoms with Crippen LogP contribution in [0.1, 0.15) is 66.2 Å². The number of halogens is 1. The average Bonchev–Trinajstić information content (AvgIpc) is 2.66. The molecule has 1 aromatic heterocycles. The first-order chi connectivity index (χ1) is 12.6. The first kappa shape index (κ1) is 17.4. The molecule has 0 spiro atoms. The van der Waals surface area contributed by atoms with Gasteiger partial charge in [-0.15, -0.1) is 0 Å². The molecule has 1 saturated carbocycles.